The van der Waals surface area contributed by atoms with Crippen LogP contribution in [0.25, 0.3) is 10.9 Å². The Balaban J connectivity index is 0. The van der Waals surface area contributed by atoms with Gasteiger partial charge in [0.2, 0.25) is 0 Å². The molecule has 0 atom stereocenters. The number of aromatic nitrogens is 1. The van der Waals surface area contributed by atoms with Crippen molar-refractivity contribution >= 4 is 34.1 Å². The second kappa shape index (κ2) is 7.85. The molecule has 84 valence electrons. The van der Waals surface area contributed by atoms with Gasteiger partial charge in [-0.15, -0.1) is 0 Å². The quantitative estimate of drug-likeness (QED) is 0.401. The van der Waals surface area contributed by atoms with Crippen molar-refractivity contribution in [1.82, 2.24) is 4.98 Å². The molecule has 2 rings (SSSR count). The molecule has 0 unspecified atom stereocenters. The fourth-order valence-corrected chi connectivity index (χ4v) is 1.47. The van der Waals surface area contributed by atoms with Crippen molar-refractivity contribution in [2.75, 3.05) is 0 Å². The maximum absolute atomic E-state index is 5.93. The molecule has 1 aromatic carbocycles. The normalized spacial score (nSPS) is 8.40. The molecule has 1 aromatic heterocycles. The molecule has 0 radical (unpaired) electrons. The summed E-state index contributed by atoms with van der Waals surface area (Å²) in [6, 6.07) is 7.23. The fourth-order valence-electron chi connectivity index (χ4n) is 1.09. The predicted molar refractivity (Wildman–Crippen MR) is 51.8 cm³/mol. The highest BCUT2D eigenvalue weighted by Gasteiger charge is 1.98. The zero-order valence-electron chi connectivity index (χ0n) is 7.22. The van der Waals surface area contributed by atoms with Crippen molar-refractivity contribution in [2.45, 2.75) is 0 Å². The first-order valence-electron chi connectivity index (χ1n) is 3.47. The molecule has 15 heavy (non-hydrogen) atoms. The van der Waals surface area contributed by atoms with Crippen LogP contribution >= 0.6 is 23.2 Å². The third-order valence-corrected chi connectivity index (χ3v) is 2.22. The van der Waals surface area contributed by atoms with Crippen LogP contribution in [0.15, 0.2) is 30.5 Å². The average molecular weight is 438 g/mol. The van der Waals surface area contributed by atoms with E-state index in [1.807, 2.05) is 6.07 Å². The number of halogens is 5. The summed E-state index contributed by atoms with van der Waals surface area (Å²) in [5.41, 5.74) is 0.829. The summed E-state index contributed by atoms with van der Waals surface area (Å²) in [5.74, 6) is 0. The first-order valence-corrected chi connectivity index (χ1v) is 4.23. The van der Waals surface area contributed by atoms with Gasteiger partial charge >= 0.3 is 0 Å². The van der Waals surface area contributed by atoms with Gasteiger partial charge < -0.3 is 50.9 Å². The van der Waals surface area contributed by atoms with Crippen LogP contribution < -0.4 is 50.9 Å². The van der Waals surface area contributed by atoms with Crippen LogP contribution in [0.4, 0.5) is 0 Å². The van der Waals surface area contributed by atoms with Gasteiger partial charge in [0.05, 0.1) is 10.5 Å². The van der Waals surface area contributed by atoms with Crippen LogP contribution in [0.3, 0.4) is 0 Å². The Kier molecular flexibility index (Phi) is 9.43. The molecule has 0 aliphatic rings. The number of pyridine rings is 1. The highest BCUT2D eigenvalue weighted by atomic mass is 79.9. The van der Waals surface area contributed by atoms with Gasteiger partial charge in [0.1, 0.15) is 0 Å². The lowest BCUT2D eigenvalue weighted by Gasteiger charge is -1.98. The summed E-state index contributed by atoms with van der Waals surface area (Å²) in [4.78, 5) is 4.13. The number of hydrogen-bond acceptors (Lipinski definition) is 1. The number of hydrogen-bond donors (Lipinski definition) is 0. The van der Waals surface area contributed by atoms with Crippen molar-refractivity contribution < 1.29 is 50.9 Å². The zero-order valence-corrected chi connectivity index (χ0v) is 13.5. The van der Waals surface area contributed by atoms with Gasteiger partial charge in [-0.25, -0.2) is 0 Å². The second-order valence-electron chi connectivity index (χ2n) is 2.45. The number of nitrogens with zero attached hydrogens (tertiary/aromatic N) is 1. The molecular weight excluding hydrogens is 433 g/mol. The Hall–Kier alpha value is 0.650. The minimum atomic E-state index is 0. The third kappa shape index (κ3) is 4.19. The maximum Gasteiger partial charge on any atom is 0.0731 e. The lowest BCUT2D eigenvalue weighted by molar-refractivity contribution is -0.00100. The van der Waals surface area contributed by atoms with Gasteiger partial charge in [-0.3, -0.25) is 4.98 Å². The van der Waals surface area contributed by atoms with Crippen LogP contribution in [0, 0.1) is 0 Å². The monoisotopic (exact) mass is 434 g/mol. The molecule has 0 saturated heterocycles. The zero-order chi connectivity index (χ0) is 8.55. The Bertz CT molecular complexity index is 437. The smallest absolute Gasteiger partial charge is 0.0731 e. The van der Waals surface area contributed by atoms with E-state index in [1.54, 1.807) is 24.4 Å². The average Bonchev–Trinajstić information content (AvgIpc) is 2.04. The summed E-state index contributed by atoms with van der Waals surface area (Å²) in [5, 5.41) is 2.32. The summed E-state index contributed by atoms with van der Waals surface area (Å²) >= 11 is 11.7. The summed E-state index contributed by atoms with van der Waals surface area (Å²) in [7, 11) is 0. The van der Waals surface area contributed by atoms with Crippen molar-refractivity contribution in [2.24, 2.45) is 0 Å². The number of benzene rings is 1. The van der Waals surface area contributed by atoms with Crippen LogP contribution in [0.2, 0.25) is 10.0 Å². The maximum atomic E-state index is 5.93. The Morgan fingerprint density at radius 1 is 0.933 bits per heavy atom. The van der Waals surface area contributed by atoms with Gasteiger partial charge in [0.25, 0.3) is 0 Å². The minimum Gasteiger partial charge on any atom is -1.00 e. The van der Waals surface area contributed by atoms with Gasteiger partial charge in [0, 0.05) is 16.6 Å². The van der Waals surface area contributed by atoms with Crippen LogP contribution in [-0.2, 0) is 0 Å². The van der Waals surface area contributed by atoms with Crippen molar-refractivity contribution in [3.63, 3.8) is 0 Å². The molecule has 0 fully saturated rings. The predicted octanol–water partition coefficient (Wildman–Crippen LogP) is -5.45. The SMILES string of the molecule is Clc1ccc2c(Cl)ccnc2c1.[Br-].[Br-].[Br-]. The molecular formula is C9H5Br3Cl2N-3. The Morgan fingerprint density at radius 3 is 2.27 bits per heavy atom. The minimum absolute atomic E-state index is 0. The van der Waals surface area contributed by atoms with Crippen molar-refractivity contribution in [1.29, 1.82) is 0 Å². The van der Waals surface area contributed by atoms with Crippen LogP contribution in [0.5, 0.6) is 0 Å². The van der Waals surface area contributed by atoms with Gasteiger partial charge in [-0.1, -0.05) is 23.2 Å². The molecule has 1 heterocycles. The fraction of sp³-hybridized carbons (Fsp3) is 0. The summed E-state index contributed by atoms with van der Waals surface area (Å²) in [6.45, 7) is 0. The summed E-state index contributed by atoms with van der Waals surface area (Å²) in [6.07, 6.45) is 1.67. The Morgan fingerprint density at radius 2 is 1.60 bits per heavy atom. The number of fused-ring (bicyclic) bond motifs is 1. The molecule has 0 aliphatic heterocycles. The standard InChI is InChI=1S/C9H5Cl2N.3BrH/c10-6-1-2-7-8(11)3-4-12-9(7)5-6;;;/h1-5H;3*1H/p-3. The van der Waals surface area contributed by atoms with Crippen molar-refractivity contribution in [3.05, 3.63) is 40.5 Å². The van der Waals surface area contributed by atoms with Gasteiger partial charge in [-0.2, -0.15) is 0 Å². The van der Waals surface area contributed by atoms with E-state index >= 15 is 0 Å². The lowest BCUT2D eigenvalue weighted by atomic mass is 10.2. The van der Waals surface area contributed by atoms with E-state index in [2.05, 4.69) is 4.98 Å². The molecule has 0 aliphatic carbocycles. The molecule has 6 heteroatoms. The van der Waals surface area contributed by atoms with Gasteiger partial charge in [0.15, 0.2) is 0 Å². The van der Waals surface area contributed by atoms with E-state index in [-0.39, 0.29) is 50.9 Å². The second-order valence-corrected chi connectivity index (χ2v) is 3.30. The highest BCUT2D eigenvalue weighted by molar-refractivity contribution is 6.36. The van der Waals surface area contributed by atoms with E-state index in [4.69, 9.17) is 23.2 Å². The van der Waals surface area contributed by atoms with E-state index < -0.39 is 0 Å². The lowest BCUT2D eigenvalue weighted by Crippen LogP contribution is -3.00. The van der Waals surface area contributed by atoms with E-state index in [9.17, 15) is 0 Å². The molecule has 1 nitrogen and oxygen atoms in total. The number of rotatable bonds is 0. The van der Waals surface area contributed by atoms with E-state index in [0.29, 0.717) is 10.0 Å². The van der Waals surface area contributed by atoms with E-state index in [0.717, 1.165) is 10.9 Å². The Labute approximate surface area is 129 Å². The molecule has 0 saturated carbocycles. The third-order valence-electron chi connectivity index (χ3n) is 1.65. The van der Waals surface area contributed by atoms with E-state index in [1.165, 1.54) is 0 Å². The van der Waals surface area contributed by atoms with Crippen LogP contribution in [0.1, 0.15) is 0 Å². The first-order chi connectivity index (χ1) is 5.77. The summed E-state index contributed by atoms with van der Waals surface area (Å²) < 4.78 is 0. The molecule has 2 aromatic rings. The van der Waals surface area contributed by atoms with Crippen LogP contribution in [-0.4, -0.2) is 4.98 Å². The molecule has 0 N–H and O–H groups in total. The molecule has 0 spiro atoms. The molecule has 0 bridgehead atoms. The first kappa shape index (κ1) is 18.0. The highest BCUT2D eigenvalue weighted by Crippen LogP contribution is 2.23. The van der Waals surface area contributed by atoms with Gasteiger partial charge in [-0.05, 0) is 24.3 Å². The molecule has 0 amide bonds. The topological polar surface area (TPSA) is 12.9 Å². The van der Waals surface area contributed by atoms with Crippen molar-refractivity contribution in [3.8, 4) is 0 Å². The largest absolute Gasteiger partial charge is 1.00 e.